The molecule has 1 aromatic rings. The lowest BCUT2D eigenvalue weighted by Crippen LogP contribution is -2.00. The highest BCUT2D eigenvalue weighted by Gasteiger charge is 2.11. The van der Waals surface area contributed by atoms with E-state index in [1.165, 1.54) is 11.1 Å². The van der Waals surface area contributed by atoms with E-state index in [0.717, 1.165) is 43.7 Å². The molecule has 2 heteroatoms. The number of aryl methyl sites for hydroxylation is 1. The molecule has 0 radical (unpaired) electrons. The highest BCUT2D eigenvalue weighted by Crippen LogP contribution is 2.30. The van der Waals surface area contributed by atoms with E-state index in [1.54, 1.807) is 0 Å². The molecule has 1 aromatic carbocycles. The lowest BCUT2D eigenvalue weighted by molar-refractivity contribution is 0.641. The summed E-state index contributed by atoms with van der Waals surface area (Å²) in [6.45, 7) is 5.22. The summed E-state index contributed by atoms with van der Waals surface area (Å²) in [6.07, 6.45) is 5.63. The fourth-order valence-electron chi connectivity index (χ4n) is 2.26. The maximum atomic E-state index is 6.37. The van der Waals surface area contributed by atoms with Gasteiger partial charge in [-0.05, 0) is 61.8 Å². The molecule has 96 valence electrons. The second kappa shape index (κ2) is 7.73. The van der Waals surface area contributed by atoms with Gasteiger partial charge in [0.1, 0.15) is 0 Å². The zero-order chi connectivity index (χ0) is 12.7. The summed E-state index contributed by atoms with van der Waals surface area (Å²) >= 11 is 6.37. The zero-order valence-corrected chi connectivity index (χ0v) is 11.8. The minimum atomic E-state index is 0.598. The van der Waals surface area contributed by atoms with Crippen LogP contribution in [0.4, 0.5) is 0 Å². The maximum Gasteiger partial charge on any atom is 0.0443 e. The third-order valence-corrected chi connectivity index (χ3v) is 3.74. The summed E-state index contributed by atoms with van der Waals surface area (Å²) in [5.74, 6) is 0.598. The number of hydrogen-bond acceptors (Lipinski definition) is 1. The molecule has 0 aromatic heterocycles. The van der Waals surface area contributed by atoms with Crippen LogP contribution in [0.3, 0.4) is 0 Å². The molecule has 0 aliphatic rings. The predicted molar refractivity (Wildman–Crippen MR) is 76.8 cm³/mol. The second-order valence-corrected chi connectivity index (χ2v) is 5.02. The van der Waals surface area contributed by atoms with Crippen LogP contribution in [0, 0.1) is 0 Å². The van der Waals surface area contributed by atoms with E-state index in [4.69, 9.17) is 17.3 Å². The molecule has 0 amide bonds. The van der Waals surface area contributed by atoms with Gasteiger partial charge in [-0.2, -0.15) is 0 Å². The highest BCUT2D eigenvalue weighted by molar-refractivity contribution is 6.31. The first-order valence-electron chi connectivity index (χ1n) is 6.71. The number of nitrogens with two attached hydrogens (primary N) is 1. The Bertz CT molecular complexity index is 332. The van der Waals surface area contributed by atoms with Gasteiger partial charge in [0.25, 0.3) is 0 Å². The van der Waals surface area contributed by atoms with Crippen molar-refractivity contribution < 1.29 is 0 Å². The molecule has 1 rings (SSSR count). The average molecular weight is 254 g/mol. The van der Waals surface area contributed by atoms with Gasteiger partial charge < -0.3 is 5.73 Å². The van der Waals surface area contributed by atoms with Crippen molar-refractivity contribution in [3.8, 4) is 0 Å². The van der Waals surface area contributed by atoms with E-state index >= 15 is 0 Å². The molecule has 0 spiro atoms. The molecular formula is C15H24ClN. The molecule has 0 aliphatic carbocycles. The third-order valence-electron chi connectivity index (χ3n) is 3.41. The van der Waals surface area contributed by atoms with Crippen LogP contribution in [0.5, 0.6) is 0 Å². The first-order valence-corrected chi connectivity index (χ1v) is 7.09. The number of unbranched alkanes of at least 4 members (excludes halogenated alkanes) is 1. The fraction of sp³-hybridized carbons (Fsp3) is 0.600. The van der Waals surface area contributed by atoms with Gasteiger partial charge in [0.05, 0.1) is 0 Å². The van der Waals surface area contributed by atoms with Crippen molar-refractivity contribution in [1.82, 2.24) is 0 Å². The standard InChI is InChI=1S/C15H24ClN/c1-3-13(4-2)14-9-8-12(11-15(14)16)7-5-6-10-17/h8-9,11,13H,3-7,10,17H2,1-2H3. The number of benzene rings is 1. The first-order chi connectivity index (χ1) is 8.22. The number of hydrogen-bond donors (Lipinski definition) is 1. The Morgan fingerprint density at radius 3 is 2.41 bits per heavy atom. The second-order valence-electron chi connectivity index (χ2n) is 4.62. The molecule has 0 aliphatic heterocycles. The summed E-state index contributed by atoms with van der Waals surface area (Å²) in [7, 11) is 0. The van der Waals surface area contributed by atoms with E-state index in [0.29, 0.717) is 5.92 Å². The monoisotopic (exact) mass is 253 g/mol. The summed E-state index contributed by atoms with van der Waals surface area (Å²) in [5.41, 5.74) is 8.13. The molecule has 1 nitrogen and oxygen atoms in total. The first kappa shape index (κ1) is 14.5. The van der Waals surface area contributed by atoms with Crippen LogP contribution in [0.1, 0.15) is 56.6 Å². The zero-order valence-electron chi connectivity index (χ0n) is 11.0. The van der Waals surface area contributed by atoms with Crippen LogP contribution in [-0.4, -0.2) is 6.54 Å². The number of halogens is 1. The summed E-state index contributed by atoms with van der Waals surface area (Å²) in [6, 6.07) is 6.56. The Hall–Kier alpha value is -0.530. The van der Waals surface area contributed by atoms with E-state index in [-0.39, 0.29) is 0 Å². The summed E-state index contributed by atoms with van der Waals surface area (Å²) < 4.78 is 0. The van der Waals surface area contributed by atoms with Gasteiger partial charge in [-0.15, -0.1) is 0 Å². The quantitative estimate of drug-likeness (QED) is 0.710. The van der Waals surface area contributed by atoms with Gasteiger partial charge in [-0.1, -0.05) is 37.6 Å². The highest BCUT2D eigenvalue weighted by atomic mass is 35.5. The molecule has 0 atom stereocenters. The third kappa shape index (κ3) is 4.33. The van der Waals surface area contributed by atoms with E-state index in [1.807, 2.05) is 0 Å². The smallest absolute Gasteiger partial charge is 0.0443 e. The lowest BCUT2D eigenvalue weighted by atomic mass is 9.92. The Morgan fingerprint density at radius 2 is 1.88 bits per heavy atom. The summed E-state index contributed by atoms with van der Waals surface area (Å²) in [5, 5.41) is 0.934. The summed E-state index contributed by atoms with van der Waals surface area (Å²) in [4.78, 5) is 0. The van der Waals surface area contributed by atoms with Crippen LogP contribution in [0.25, 0.3) is 0 Å². The van der Waals surface area contributed by atoms with Crippen molar-refractivity contribution in [2.45, 2.75) is 51.9 Å². The Labute approximate surface area is 110 Å². The number of rotatable bonds is 7. The molecule has 0 saturated carbocycles. The van der Waals surface area contributed by atoms with Gasteiger partial charge in [-0.25, -0.2) is 0 Å². The minimum absolute atomic E-state index is 0.598. The van der Waals surface area contributed by atoms with Crippen LogP contribution < -0.4 is 5.73 Å². The van der Waals surface area contributed by atoms with E-state index in [2.05, 4.69) is 32.0 Å². The Balaban J connectivity index is 2.71. The molecule has 0 saturated heterocycles. The molecule has 0 fully saturated rings. The topological polar surface area (TPSA) is 26.0 Å². The van der Waals surface area contributed by atoms with Crippen molar-refractivity contribution in [1.29, 1.82) is 0 Å². The Morgan fingerprint density at radius 1 is 1.18 bits per heavy atom. The normalized spacial score (nSPS) is 11.1. The maximum absolute atomic E-state index is 6.37. The molecule has 0 heterocycles. The SMILES string of the molecule is CCC(CC)c1ccc(CCCCN)cc1Cl. The van der Waals surface area contributed by atoms with Crippen LogP contribution >= 0.6 is 11.6 Å². The van der Waals surface area contributed by atoms with Crippen LogP contribution in [-0.2, 0) is 6.42 Å². The van der Waals surface area contributed by atoms with Crippen LogP contribution in [0.2, 0.25) is 5.02 Å². The predicted octanol–water partition coefficient (Wildman–Crippen LogP) is 4.53. The van der Waals surface area contributed by atoms with Gasteiger partial charge in [-0.3, -0.25) is 0 Å². The average Bonchev–Trinajstić information content (AvgIpc) is 2.33. The lowest BCUT2D eigenvalue weighted by Gasteiger charge is -2.15. The van der Waals surface area contributed by atoms with Crippen molar-refractivity contribution >= 4 is 11.6 Å². The fourth-order valence-corrected chi connectivity index (χ4v) is 2.62. The minimum Gasteiger partial charge on any atom is -0.330 e. The largest absolute Gasteiger partial charge is 0.330 e. The van der Waals surface area contributed by atoms with Crippen LogP contribution in [0.15, 0.2) is 18.2 Å². The molecule has 0 bridgehead atoms. The van der Waals surface area contributed by atoms with Crippen molar-refractivity contribution in [3.05, 3.63) is 34.3 Å². The van der Waals surface area contributed by atoms with E-state index in [9.17, 15) is 0 Å². The van der Waals surface area contributed by atoms with Gasteiger partial charge in [0.2, 0.25) is 0 Å². The van der Waals surface area contributed by atoms with Gasteiger partial charge in [0.15, 0.2) is 0 Å². The Kier molecular flexibility index (Phi) is 6.61. The van der Waals surface area contributed by atoms with Crippen molar-refractivity contribution in [2.24, 2.45) is 5.73 Å². The molecule has 2 N–H and O–H groups in total. The van der Waals surface area contributed by atoms with E-state index < -0.39 is 0 Å². The molecular weight excluding hydrogens is 230 g/mol. The van der Waals surface area contributed by atoms with Crippen molar-refractivity contribution in [3.63, 3.8) is 0 Å². The molecule has 17 heavy (non-hydrogen) atoms. The van der Waals surface area contributed by atoms with Gasteiger partial charge in [0, 0.05) is 5.02 Å². The van der Waals surface area contributed by atoms with Gasteiger partial charge >= 0.3 is 0 Å². The van der Waals surface area contributed by atoms with Crippen molar-refractivity contribution in [2.75, 3.05) is 6.54 Å². The molecule has 0 unspecified atom stereocenters.